The van der Waals surface area contributed by atoms with Crippen LogP contribution in [0.1, 0.15) is 271 Å². The molecule has 0 spiro atoms. The van der Waals surface area contributed by atoms with Crippen LogP contribution >= 0.6 is 0 Å². The highest BCUT2D eigenvalue weighted by atomic mass is 16.3. The molecular weight excluding hydrogens is 735 g/mol. The highest BCUT2D eigenvalue weighted by molar-refractivity contribution is 5.76. The Hall–Kier alpha value is -1.91. The van der Waals surface area contributed by atoms with Crippen LogP contribution in [0.3, 0.4) is 0 Å². The van der Waals surface area contributed by atoms with Crippen molar-refractivity contribution in [1.29, 1.82) is 0 Å². The number of hydrogen-bond acceptors (Lipinski definition) is 3. The van der Waals surface area contributed by atoms with Crippen LogP contribution in [0.4, 0.5) is 0 Å². The molecule has 350 valence electrons. The molecular formula is C56H103NO3. The molecule has 0 aliphatic heterocycles. The molecule has 0 aliphatic rings. The van der Waals surface area contributed by atoms with Crippen molar-refractivity contribution in [3.8, 4) is 0 Å². The van der Waals surface area contributed by atoms with Crippen LogP contribution in [0.2, 0.25) is 0 Å². The summed E-state index contributed by atoms with van der Waals surface area (Å²) in [6.45, 7) is 4.29. The lowest BCUT2D eigenvalue weighted by Gasteiger charge is -2.19. The Morgan fingerprint density at radius 2 is 0.700 bits per heavy atom. The number of aliphatic hydroxyl groups is 2. The Balaban J connectivity index is 3.51. The monoisotopic (exact) mass is 838 g/mol. The molecule has 0 aromatic carbocycles. The fourth-order valence-electron chi connectivity index (χ4n) is 7.89. The Labute approximate surface area is 375 Å². The molecule has 3 N–H and O–H groups in total. The number of carbonyl (C=O) groups is 1. The molecule has 0 aromatic rings. The van der Waals surface area contributed by atoms with Gasteiger partial charge >= 0.3 is 0 Å². The van der Waals surface area contributed by atoms with E-state index in [1.54, 1.807) is 6.08 Å². The topological polar surface area (TPSA) is 69.6 Å². The molecule has 4 heteroatoms. The summed E-state index contributed by atoms with van der Waals surface area (Å²) in [6.07, 6.45) is 72.3. The van der Waals surface area contributed by atoms with E-state index in [1.165, 1.54) is 205 Å². The average Bonchev–Trinajstić information content (AvgIpc) is 3.25. The summed E-state index contributed by atoms with van der Waals surface area (Å²) in [7, 11) is 0. The van der Waals surface area contributed by atoms with E-state index in [4.69, 9.17) is 0 Å². The van der Waals surface area contributed by atoms with Gasteiger partial charge in [0, 0.05) is 6.42 Å². The molecule has 0 saturated heterocycles. The first-order valence-corrected chi connectivity index (χ1v) is 26.5. The maximum absolute atomic E-state index is 12.4. The van der Waals surface area contributed by atoms with Gasteiger partial charge in [-0.15, -0.1) is 0 Å². The van der Waals surface area contributed by atoms with E-state index in [9.17, 15) is 15.0 Å². The third-order valence-corrected chi connectivity index (χ3v) is 12.0. The fraction of sp³-hybridized carbons (Fsp3) is 0.804. The maximum Gasteiger partial charge on any atom is 0.220 e. The second kappa shape index (κ2) is 51.4. The SMILES string of the molecule is CCCCCCC/C=C\C/C=C\CCCCCCCCCCCCCCCCCCCCCC(=O)NC(CO)C(O)/C=C/CC/C=C/CC/C=C/CCCCCCCCC. The number of nitrogens with one attached hydrogen (secondary N) is 1. The van der Waals surface area contributed by atoms with Gasteiger partial charge < -0.3 is 15.5 Å². The summed E-state index contributed by atoms with van der Waals surface area (Å²) >= 11 is 0. The number of unbranched alkanes of at least 4 members (excludes halogenated alkanes) is 33. The minimum absolute atomic E-state index is 0.0761. The Morgan fingerprint density at radius 1 is 0.400 bits per heavy atom. The van der Waals surface area contributed by atoms with Crippen LogP contribution in [0.5, 0.6) is 0 Å². The lowest BCUT2D eigenvalue weighted by atomic mass is 10.0. The second-order valence-corrected chi connectivity index (χ2v) is 17.9. The summed E-state index contributed by atoms with van der Waals surface area (Å²) in [5.41, 5.74) is 0. The largest absolute Gasteiger partial charge is 0.394 e. The number of hydrogen-bond donors (Lipinski definition) is 3. The predicted octanol–water partition coefficient (Wildman–Crippen LogP) is 17.2. The van der Waals surface area contributed by atoms with Crippen molar-refractivity contribution < 1.29 is 15.0 Å². The zero-order chi connectivity index (χ0) is 43.5. The van der Waals surface area contributed by atoms with Gasteiger partial charge in [0.15, 0.2) is 0 Å². The zero-order valence-corrected chi connectivity index (χ0v) is 40.2. The van der Waals surface area contributed by atoms with Gasteiger partial charge in [0.25, 0.3) is 0 Å². The van der Waals surface area contributed by atoms with Crippen LogP contribution in [-0.2, 0) is 4.79 Å². The van der Waals surface area contributed by atoms with E-state index in [0.29, 0.717) is 6.42 Å². The minimum Gasteiger partial charge on any atom is -0.394 e. The summed E-state index contributed by atoms with van der Waals surface area (Å²) in [6, 6.07) is -0.646. The van der Waals surface area contributed by atoms with Crippen LogP contribution < -0.4 is 5.32 Å². The highest BCUT2D eigenvalue weighted by Gasteiger charge is 2.17. The van der Waals surface area contributed by atoms with Crippen molar-refractivity contribution in [3.63, 3.8) is 0 Å². The van der Waals surface area contributed by atoms with E-state index >= 15 is 0 Å². The van der Waals surface area contributed by atoms with Gasteiger partial charge in [-0.1, -0.05) is 248 Å². The molecule has 0 aliphatic carbocycles. The first-order valence-electron chi connectivity index (χ1n) is 26.5. The first-order chi connectivity index (χ1) is 29.7. The van der Waals surface area contributed by atoms with Crippen LogP contribution in [0.15, 0.2) is 60.8 Å². The standard InChI is InChI=1S/C56H103NO3/c1-3-5-7-9-11-13-15-17-19-21-22-23-24-25-26-27-28-29-30-31-32-33-34-36-38-40-42-44-46-48-50-52-56(60)57-54(53-58)55(59)51-49-47-45-43-41-39-37-35-20-18-16-14-12-10-8-6-4-2/h15,17,20-22,35,41,43,49,51,54-55,58-59H,3-14,16,18-19,23-34,36-40,42,44-48,50,52-53H2,1-2H3,(H,57,60)/b17-15-,22-21-,35-20+,43-41+,51-49+. The van der Waals surface area contributed by atoms with Gasteiger partial charge in [0.05, 0.1) is 18.8 Å². The van der Waals surface area contributed by atoms with Crippen molar-refractivity contribution in [3.05, 3.63) is 60.8 Å². The second-order valence-electron chi connectivity index (χ2n) is 17.9. The summed E-state index contributed by atoms with van der Waals surface area (Å²) in [5, 5.41) is 23.1. The van der Waals surface area contributed by atoms with E-state index < -0.39 is 12.1 Å². The lowest BCUT2D eigenvalue weighted by Crippen LogP contribution is -2.45. The van der Waals surface area contributed by atoms with E-state index in [1.807, 2.05) is 6.08 Å². The average molecular weight is 838 g/mol. The van der Waals surface area contributed by atoms with Crippen molar-refractivity contribution in [2.75, 3.05) is 6.61 Å². The van der Waals surface area contributed by atoms with Crippen molar-refractivity contribution in [2.24, 2.45) is 0 Å². The molecule has 0 radical (unpaired) electrons. The van der Waals surface area contributed by atoms with E-state index in [0.717, 1.165) is 44.9 Å². The van der Waals surface area contributed by atoms with Crippen molar-refractivity contribution >= 4 is 5.91 Å². The number of allylic oxidation sites excluding steroid dienone is 9. The Bertz CT molecular complexity index is 996. The van der Waals surface area contributed by atoms with Gasteiger partial charge in [0.2, 0.25) is 5.91 Å². The quantitative estimate of drug-likeness (QED) is 0.0422. The predicted molar refractivity (Wildman–Crippen MR) is 267 cm³/mol. The van der Waals surface area contributed by atoms with E-state index in [-0.39, 0.29) is 12.5 Å². The number of aliphatic hydroxyl groups excluding tert-OH is 2. The first kappa shape index (κ1) is 58.1. The van der Waals surface area contributed by atoms with Crippen LogP contribution in [0.25, 0.3) is 0 Å². The van der Waals surface area contributed by atoms with Gasteiger partial charge in [-0.3, -0.25) is 4.79 Å². The molecule has 0 fully saturated rings. The molecule has 2 unspecified atom stereocenters. The molecule has 2 atom stereocenters. The fourth-order valence-corrected chi connectivity index (χ4v) is 7.89. The van der Waals surface area contributed by atoms with Gasteiger partial charge in [0.1, 0.15) is 0 Å². The Morgan fingerprint density at radius 3 is 1.07 bits per heavy atom. The third kappa shape index (κ3) is 47.1. The van der Waals surface area contributed by atoms with Crippen molar-refractivity contribution in [1.82, 2.24) is 5.32 Å². The van der Waals surface area contributed by atoms with Crippen LogP contribution in [0, 0.1) is 0 Å². The van der Waals surface area contributed by atoms with Crippen molar-refractivity contribution in [2.45, 2.75) is 283 Å². The molecule has 0 bridgehead atoms. The normalized spacial score (nSPS) is 13.3. The third-order valence-electron chi connectivity index (χ3n) is 12.0. The van der Waals surface area contributed by atoms with Crippen LogP contribution in [-0.4, -0.2) is 34.9 Å². The highest BCUT2D eigenvalue weighted by Crippen LogP contribution is 2.16. The number of amides is 1. The molecule has 0 rings (SSSR count). The van der Waals surface area contributed by atoms with E-state index in [2.05, 4.69) is 67.8 Å². The van der Waals surface area contributed by atoms with Gasteiger partial charge in [-0.25, -0.2) is 0 Å². The molecule has 0 aromatic heterocycles. The number of rotatable bonds is 48. The smallest absolute Gasteiger partial charge is 0.220 e. The maximum atomic E-state index is 12.4. The molecule has 0 heterocycles. The number of carbonyl (C=O) groups excluding carboxylic acids is 1. The van der Waals surface area contributed by atoms with Gasteiger partial charge in [-0.05, 0) is 77.0 Å². The lowest BCUT2D eigenvalue weighted by molar-refractivity contribution is -0.123. The molecule has 0 saturated carbocycles. The van der Waals surface area contributed by atoms with Gasteiger partial charge in [-0.2, -0.15) is 0 Å². The summed E-state index contributed by atoms with van der Waals surface area (Å²) in [4.78, 5) is 12.4. The Kier molecular flexibility index (Phi) is 49.8. The summed E-state index contributed by atoms with van der Waals surface area (Å²) in [5.74, 6) is -0.0761. The molecule has 4 nitrogen and oxygen atoms in total. The minimum atomic E-state index is -0.870. The molecule has 60 heavy (non-hydrogen) atoms. The molecule has 1 amide bonds. The zero-order valence-electron chi connectivity index (χ0n) is 40.2. The summed E-state index contributed by atoms with van der Waals surface area (Å²) < 4.78 is 0.